The summed E-state index contributed by atoms with van der Waals surface area (Å²) in [6.07, 6.45) is 6.09. The van der Waals surface area contributed by atoms with Gasteiger partial charge in [0.15, 0.2) is 0 Å². The number of nitrogens with zero attached hydrogens (tertiary/aromatic N) is 1. The maximum absolute atomic E-state index is 5.85. The first kappa shape index (κ1) is 21.4. The number of ether oxygens (including phenoxy) is 1. The molecule has 0 spiro atoms. The van der Waals surface area contributed by atoms with Gasteiger partial charge < -0.3 is 15.5 Å². The number of benzene rings is 2. The van der Waals surface area contributed by atoms with Crippen LogP contribution in [0.4, 0.5) is 0 Å². The van der Waals surface area contributed by atoms with Gasteiger partial charge in [-0.1, -0.05) is 26.0 Å². The second kappa shape index (κ2) is 9.52. The van der Waals surface area contributed by atoms with Gasteiger partial charge in [-0.05, 0) is 86.5 Å². The highest BCUT2D eigenvalue weighted by atomic mass is 16.5. The van der Waals surface area contributed by atoms with Crippen molar-refractivity contribution in [1.29, 1.82) is 0 Å². The van der Waals surface area contributed by atoms with Gasteiger partial charge in [0.05, 0.1) is 12.3 Å². The zero-order valence-electron chi connectivity index (χ0n) is 18.9. The summed E-state index contributed by atoms with van der Waals surface area (Å²) >= 11 is 0. The SMILES string of the molecule is CCOc1ccc(-c2[nH]c3ccc(C(C)CC)cc3c2CCCCN)c2cccnc12. The van der Waals surface area contributed by atoms with Crippen LogP contribution in [-0.4, -0.2) is 23.1 Å². The number of unbranched alkanes of at least 4 members (excludes halogenated alkanes) is 1. The van der Waals surface area contributed by atoms with Crippen molar-refractivity contribution in [2.45, 2.75) is 52.4 Å². The Labute approximate surface area is 184 Å². The lowest BCUT2D eigenvalue weighted by Crippen LogP contribution is -2.00. The highest BCUT2D eigenvalue weighted by Gasteiger charge is 2.18. The van der Waals surface area contributed by atoms with Crippen LogP contribution in [-0.2, 0) is 6.42 Å². The zero-order valence-corrected chi connectivity index (χ0v) is 18.9. The summed E-state index contributed by atoms with van der Waals surface area (Å²) in [7, 11) is 0. The third-order valence-corrected chi connectivity index (χ3v) is 6.29. The average Bonchev–Trinajstić information content (AvgIpc) is 3.16. The van der Waals surface area contributed by atoms with Crippen molar-refractivity contribution in [1.82, 2.24) is 9.97 Å². The molecule has 0 aliphatic carbocycles. The van der Waals surface area contributed by atoms with E-state index in [-0.39, 0.29) is 0 Å². The molecule has 0 fully saturated rings. The summed E-state index contributed by atoms with van der Waals surface area (Å²) < 4.78 is 5.85. The lowest BCUT2D eigenvalue weighted by Gasteiger charge is -2.12. The molecule has 0 amide bonds. The van der Waals surface area contributed by atoms with Crippen LogP contribution in [0.5, 0.6) is 5.75 Å². The molecule has 0 aliphatic heterocycles. The van der Waals surface area contributed by atoms with Crippen molar-refractivity contribution < 1.29 is 4.74 Å². The number of nitrogens with two attached hydrogens (primary N) is 1. The molecule has 162 valence electrons. The minimum absolute atomic E-state index is 0.551. The first-order chi connectivity index (χ1) is 15.2. The largest absolute Gasteiger partial charge is 0.492 e. The van der Waals surface area contributed by atoms with Gasteiger partial charge in [-0.25, -0.2) is 0 Å². The first-order valence-corrected chi connectivity index (χ1v) is 11.5. The van der Waals surface area contributed by atoms with Crippen molar-refractivity contribution in [3.05, 3.63) is 59.8 Å². The molecular weight excluding hydrogens is 382 g/mol. The minimum atomic E-state index is 0.551. The van der Waals surface area contributed by atoms with Gasteiger partial charge in [0.1, 0.15) is 11.3 Å². The maximum atomic E-state index is 5.85. The Morgan fingerprint density at radius 1 is 1.06 bits per heavy atom. The Balaban J connectivity index is 1.92. The first-order valence-electron chi connectivity index (χ1n) is 11.5. The smallest absolute Gasteiger partial charge is 0.145 e. The number of aromatic nitrogens is 2. The van der Waals surface area contributed by atoms with Gasteiger partial charge in [-0.3, -0.25) is 4.98 Å². The number of aryl methyl sites for hydroxylation is 1. The van der Waals surface area contributed by atoms with Gasteiger partial charge in [0.2, 0.25) is 0 Å². The van der Waals surface area contributed by atoms with E-state index in [1.165, 1.54) is 33.3 Å². The van der Waals surface area contributed by atoms with Crippen LogP contribution in [0.15, 0.2) is 48.7 Å². The lowest BCUT2D eigenvalue weighted by molar-refractivity contribution is 0.343. The molecule has 0 saturated heterocycles. The molecule has 0 aliphatic rings. The molecule has 1 atom stereocenters. The molecule has 2 aromatic carbocycles. The summed E-state index contributed by atoms with van der Waals surface area (Å²) in [6.45, 7) is 7.91. The lowest BCUT2D eigenvalue weighted by atomic mass is 9.94. The molecule has 0 saturated carbocycles. The standard InChI is InChI=1S/C27H33N3O/c1-4-18(3)19-11-13-24-23(17-19)21(9-6-7-15-28)26(30-24)22-12-14-25(31-5-2)27-20(22)10-8-16-29-27/h8,10-14,16-18,30H,4-7,9,15,28H2,1-3H3. The number of rotatable bonds is 9. The minimum Gasteiger partial charge on any atom is -0.492 e. The molecule has 31 heavy (non-hydrogen) atoms. The third kappa shape index (κ3) is 4.17. The monoisotopic (exact) mass is 415 g/mol. The number of nitrogens with one attached hydrogen (secondary N) is 1. The predicted molar refractivity (Wildman–Crippen MR) is 131 cm³/mol. The van der Waals surface area contributed by atoms with Crippen molar-refractivity contribution in [3.8, 4) is 17.0 Å². The fraction of sp³-hybridized carbons (Fsp3) is 0.370. The normalized spacial score (nSPS) is 12.5. The van der Waals surface area contributed by atoms with E-state index in [4.69, 9.17) is 10.5 Å². The van der Waals surface area contributed by atoms with E-state index in [0.29, 0.717) is 12.5 Å². The van der Waals surface area contributed by atoms with Crippen LogP contribution in [0.1, 0.15) is 57.1 Å². The second-order valence-electron chi connectivity index (χ2n) is 8.28. The van der Waals surface area contributed by atoms with Gasteiger partial charge in [0, 0.05) is 28.0 Å². The molecular formula is C27H33N3O. The fourth-order valence-electron chi connectivity index (χ4n) is 4.38. The number of H-pyrrole nitrogens is 1. The van der Waals surface area contributed by atoms with Crippen molar-refractivity contribution in [2.24, 2.45) is 5.73 Å². The Kier molecular flexibility index (Phi) is 6.57. The summed E-state index contributed by atoms with van der Waals surface area (Å²) in [5.74, 6) is 1.39. The number of hydrogen-bond acceptors (Lipinski definition) is 3. The molecule has 4 aromatic rings. The quantitative estimate of drug-likeness (QED) is 0.304. The van der Waals surface area contributed by atoms with Crippen molar-refractivity contribution in [3.63, 3.8) is 0 Å². The van der Waals surface area contributed by atoms with E-state index >= 15 is 0 Å². The fourth-order valence-corrected chi connectivity index (χ4v) is 4.38. The Hall–Kier alpha value is -2.85. The van der Waals surface area contributed by atoms with Gasteiger partial charge in [-0.15, -0.1) is 0 Å². The highest BCUT2D eigenvalue weighted by molar-refractivity contribution is 6.01. The Bertz CT molecular complexity index is 1180. The molecule has 4 nitrogen and oxygen atoms in total. The van der Waals surface area contributed by atoms with Gasteiger partial charge in [-0.2, -0.15) is 0 Å². The number of aromatic amines is 1. The highest BCUT2D eigenvalue weighted by Crippen LogP contribution is 2.38. The molecule has 1 unspecified atom stereocenters. The Morgan fingerprint density at radius 2 is 1.94 bits per heavy atom. The Morgan fingerprint density at radius 3 is 2.71 bits per heavy atom. The molecule has 2 aromatic heterocycles. The summed E-state index contributed by atoms with van der Waals surface area (Å²) in [5, 5.41) is 2.44. The molecule has 0 bridgehead atoms. The van der Waals surface area contributed by atoms with Crippen LogP contribution in [0, 0.1) is 0 Å². The third-order valence-electron chi connectivity index (χ3n) is 6.29. The zero-order chi connectivity index (χ0) is 21.8. The van der Waals surface area contributed by atoms with Crippen molar-refractivity contribution in [2.75, 3.05) is 13.2 Å². The second-order valence-corrected chi connectivity index (χ2v) is 8.28. The van der Waals surface area contributed by atoms with Gasteiger partial charge in [0.25, 0.3) is 0 Å². The molecule has 4 heteroatoms. The van der Waals surface area contributed by atoms with E-state index in [1.807, 2.05) is 25.3 Å². The van der Waals surface area contributed by atoms with E-state index in [1.54, 1.807) is 0 Å². The summed E-state index contributed by atoms with van der Waals surface area (Å²) in [5.41, 5.74) is 13.0. The van der Waals surface area contributed by atoms with Crippen LogP contribution < -0.4 is 10.5 Å². The number of hydrogen-bond donors (Lipinski definition) is 2. The molecule has 2 heterocycles. The van der Waals surface area contributed by atoms with E-state index < -0.39 is 0 Å². The van der Waals surface area contributed by atoms with Crippen LogP contribution in [0.3, 0.4) is 0 Å². The van der Waals surface area contributed by atoms with E-state index in [9.17, 15) is 0 Å². The van der Waals surface area contributed by atoms with E-state index in [2.05, 4.69) is 54.1 Å². The number of fused-ring (bicyclic) bond motifs is 2. The molecule has 3 N–H and O–H groups in total. The summed E-state index contributed by atoms with van der Waals surface area (Å²) in [4.78, 5) is 8.37. The van der Waals surface area contributed by atoms with Crippen LogP contribution >= 0.6 is 0 Å². The van der Waals surface area contributed by atoms with Crippen molar-refractivity contribution >= 4 is 21.8 Å². The van der Waals surface area contributed by atoms with Gasteiger partial charge >= 0.3 is 0 Å². The molecule has 4 rings (SSSR count). The molecule has 0 radical (unpaired) electrons. The average molecular weight is 416 g/mol. The predicted octanol–water partition coefficient (Wildman–Crippen LogP) is 6.58. The number of pyridine rings is 1. The van der Waals surface area contributed by atoms with Crippen LogP contribution in [0.2, 0.25) is 0 Å². The maximum Gasteiger partial charge on any atom is 0.145 e. The van der Waals surface area contributed by atoms with E-state index in [0.717, 1.165) is 48.9 Å². The topological polar surface area (TPSA) is 63.9 Å². The van der Waals surface area contributed by atoms with Crippen LogP contribution in [0.25, 0.3) is 33.1 Å². The summed E-state index contributed by atoms with van der Waals surface area (Å²) in [6, 6.07) is 15.2.